The van der Waals surface area contributed by atoms with Gasteiger partial charge < -0.3 is 8.10 Å². The summed E-state index contributed by atoms with van der Waals surface area (Å²) in [4.78, 5) is 0. The fourth-order valence-electron chi connectivity index (χ4n) is 0.290. The van der Waals surface area contributed by atoms with Gasteiger partial charge in [-0.1, -0.05) is 0 Å². The Morgan fingerprint density at radius 2 is 2.33 bits per heavy atom. The Labute approximate surface area is 68.0 Å². The predicted molar refractivity (Wildman–Crippen MR) is 36.8 cm³/mol. The van der Waals surface area contributed by atoms with Crippen LogP contribution < -0.4 is 0 Å². The van der Waals surface area contributed by atoms with Crippen molar-refractivity contribution in [3.05, 3.63) is 0 Å². The van der Waals surface area contributed by atoms with E-state index < -0.39 is 7.60 Å². The van der Waals surface area contributed by atoms with E-state index in [4.69, 9.17) is 16.1 Å². The van der Waals surface area contributed by atoms with Gasteiger partial charge in [-0.15, -0.1) is 11.6 Å². The quantitative estimate of drug-likeness (QED) is 0.377. The standard InChI is InChI=1S/C3H8ClO3P.Al/c1-2-7-8(5,6)3-4;/h2-3H2,1H3,(H,5,6);/q;+1/p-1. The highest BCUT2D eigenvalue weighted by Crippen LogP contribution is 2.47. The molecule has 0 aliphatic carbocycles. The van der Waals surface area contributed by atoms with Crippen LogP contribution in [-0.2, 0) is 12.7 Å². The Hall–Kier alpha value is 0.972. The summed E-state index contributed by atoms with van der Waals surface area (Å²) in [6.45, 7) is 2.07. The van der Waals surface area contributed by atoms with E-state index in [2.05, 4.69) is 3.58 Å². The minimum Gasteiger partial charge on any atom is -0.455 e. The van der Waals surface area contributed by atoms with E-state index in [0.29, 0.717) is 6.61 Å². The van der Waals surface area contributed by atoms with E-state index >= 15 is 0 Å². The molecule has 0 amide bonds. The van der Waals surface area contributed by atoms with Crippen LogP contribution in [0.4, 0.5) is 0 Å². The number of halogens is 1. The molecular weight excluding hydrogens is 177 g/mol. The van der Waals surface area contributed by atoms with E-state index in [1.165, 1.54) is 0 Å². The molecule has 0 saturated carbocycles. The van der Waals surface area contributed by atoms with Crippen molar-refractivity contribution >= 4 is 35.8 Å². The maximum absolute atomic E-state index is 11.0. The highest BCUT2D eigenvalue weighted by atomic mass is 35.5. The third-order valence-electron chi connectivity index (χ3n) is 0.633. The summed E-state index contributed by atoms with van der Waals surface area (Å²) in [6.07, 6.45) is 0. The molecule has 0 aromatic rings. The van der Waals surface area contributed by atoms with Crippen LogP contribution in [0.15, 0.2) is 0 Å². The molecule has 6 heteroatoms. The zero-order valence-electron chi connectivity index (χ0n) is 5.04. The maximum atomic E-state index is 11.0. The third kappa shape index (κ3) is 3.62. The summed E-state index contributed by atoms with van der Waals surface area (Å²) in [7, 11) is -2.95. The molecule has 0 aromatic heterocycles. The van der Waals surface area contributed by atoms with Crippen LogP contribution in [0.25, 0.3) is 0 Å². The highest BCUT2D eigenvalue weighted by molar-refractivity contribution is 7.56. The highest BCUT2D eigenvalue weighted by Gasteiger charge is 2.17. The Morgan fingerprint density at radius 3 is 2.44 bits per heavy atom. The second-order valence-corrected chi connectivity index (χ2v) is 4.53. The van der Waals surface area contributed by atoms with Gasteiger partial charge in [-0.3, -0.25) is 4.57 Å². The number of rotatable bonds is 4. The van der Waals surface area contributed by atoms with Crippen LogP contribution >= 0.6 is 19.2 Å². The van der Waals surface area contributed by atoms with Crippen LogP contribution in [-0.4, -0.2) is 28.9 Å². The van der Waals surface area contributed by atoms with Crippen LogP contribution in [0.2, 0.25) is 0 Å². The van der Waals surface area contributed by atoms with Gasteiger partial charge in [0.15, 0.2) is 0 Å². The Bertz CT molecular complexity index is 112. The largest absolute Gasteiger partial charge is 0.455 e. The topological polar surface area (TPSA) is 35.5 Å². The van der Waals surface area contributed by atoms with Gasteiger partial charge >= 0.3 is 24.2 Å². The summed E-state index contributed by atoms with van der Waals surface area (Å²) in [5, 5.41) is 0. The molecular formula is C3H7AlClO3P. The molecule has 0 fully saturated rings. The van der Waals surface area contributed by atoms with Crippen LogP contribution in [0.5, 0.6) is 0 Å². The molecule has 0 heterocycles. The average Bonchev–Trinajstić information content (AvgIpc) is 1.89. The molecule has 2 radical (unpaired) electrons. The molecule has 0 N–H and O–H groups in total. The van der Waals surface area contributed by atoms with Crippen molar-refractivity contribution in [1.29, 1.82) is 0 Å². The Kier molecular flexibility index (Phi) is 5.25. The lowest BCUT2D eigenvalue weighted by Crippen LogP contribution is -1.93. The molecule has 0 saturated heterocycles. The number of hydrogen-bond donors (Lipinski definition) is 0. The average molecular weight is 184 g/mol. The number of alkyl halides is 1. The monoisotopic (exact) mass is 184 g/mol. The van der Waals surface area contributed by atoms with E-state index in [0.717, 1.165) is 0 Å². The first-order valence-electron chi connectivity index (χ1n) is 2.36. The molecule has 1 unspecified atom stereocenters. The van der Waals surface area contributed by atoms with E-state index in [1.807, 2.05) is 16.6 Å². The minimum absolute atomic E-state index is 0.107. The van der Waals surface area contributed by atoms with Crippen molar-refractivity contribution in [2.45, 2.75) is 6.92 Å². The van der Waals surface area contributed by atoms with Gasteiger partial charge in [-0.05, 0) is 6.92 Å². The predicted octanol–water partition coefficient (Wildman–Crippen LogP) is 1.51. The summed E-state index contributed by atoms with van der Waals surface area (Å²) in [6, 6.07) is 0. The van der Waals surface area contributed by atoms with Crippen LogP contribution in [0, 0.1) is 0 Å². The van der Waals surface area contributed by atoms with E-state index in [-0.39, 0.29) is 5.62 Å². The Balaban J connectivity index is 3.78. The second kappa shape index (κ2) is 4.74. The van der Waals surface area contributed by atoms with Crippen molar-refractivity contribution < 1.29 is 12.7 Å². The van der Waals surface area contributed by atoms with Gasteiger partial charge in [-0.2, -0.15) is 0 Å². The zero-order chi connectivity index (χ0) is 7.33. The van der Waals surface area contributed by atoms with Gasteiger partial charge in [0.1, 0.15) is 5.62 Å². The SMILES string of the molecule is CCOP(=O)(CCl)[O][Al]. The molecule has 0 spiro atoms. The zero-order valence-corrected chi connectivity index (χ0v) is 7.85. The lowest BCUT2D eigenvalue weighted by Gasteiger charge is -2.12. The summed E-state index contributed by atoms with van der Waals surface area (Å²) in [5.74, 6) is 0. The molecule has 0 bridgehead atoms. The summed E-state index contributed by atoms with van der Waals surface area (Å²) < 4.78 is 20.1. The smallest absolute Gasteiger partial charge is 0.385 e. The normalized spacial score (nSPS) is 17.1. The van der Waals surface area contributed by atoms with Gasteiger partial charge in [0.05, 0.1) is 6.61 Å². The first-order chi connectivity index (χ1) is 4.18. The van der Waals surface area contributed by atoms with Gasteiger partial charge in [0.2, 0.25) is 0 Å². The first-order valence-corrected chi connectivity index (χ1v) is 5.10. The van der Waals surface area contributed by atoms with E-state index in [1.54, 1.807) is 6.92 Å². The van der Waals surface area contributed by atoms with Crippen molar-refractivity contribution in [3.8, 4) is 0 Å². The maximum Gasteiger partial charge on any atom is 0.385 e. The van der Waals surface area contributed by atoms with E-state index in [9.17, 15) is 4.57 Å². The lowest BCUT2D eigenvalue weighted by molar-refractivity contribution is 0.289. The van der Waals surface area contributed by atoms with Gasteiger partial charge in [-0.25, -0.2) is 0 Å². The van der Waals surface area contributed by atoms with Crippen molar-refractivity contribution in [2.24, 2.45) is 0 Å². The molecule has 52 valence electrons. The van der Waals surface area contributed by atoms with Crippen molar-refractivity contribution in [1.82, 2.24) is 0 Å². The fraction of sp³-hybridized carbons (Fsp3) is 1.00. The van der Waals surface area contributed by atoms with Crippen molar-refractivity contribution in [3.63, 3.8) is 0 Å². The molecule has 0 aliphatic heterocycles. The fourth-order valence-corrected chi connectivity index (χ4v) is 1.94. The van der Waals surface area contributed by atoms with Gasteiger partial charge in [0, 0.05) is 0 Å². The molecule has 0 aromatic carbocycles. The summed E-state index contributed by atoms with van der Waals surface area (Å²) in [5.41, 5.74) is -0.107. The lowest BCUT2D eigenvalue weighted by atomic mass is 10.9. The third-order valence-corrected chi connectivity index (χ3v) is 3.74. The van der Waals surface area contributed by atoms with Crippen molar-refractivity contribution in [2.75, 3.05) is 12.2 Å². The Morgan fingerprint density at radius 1 is 1.78 bits per heavy atom. The van der Waals surface area contributed by atoms with Crippen LogP contribution in [0.3, 0.4) is 0 Å². The molecule has 3 nitrogen and oxygen atoms in total. The second-order valence-electron chi connectivity index (χ2n) is 1.25. The molecule has 0 rings (SSSR count). The first kappa shape index (κ1) is 9.97. The van der Waals surface area contributed by atoms with Crippen LogP contribution in [0.1, 0.15) is 6.92 Å². The minimum atomic E-state index is -2.95. The molecule has 9 heavy (non-hydrogen) atoms. The molecule has 1 atom stereocenters. The molecule has 0 aliphatic rings. The number of hydrogen-bond acceptors (Lipinski definition) is 3. The van der Waals surface area contributed by atoms with Gasteiger partial charge in [0.25, 0.3) is 0 Å². The summed E-state index contributed by atoms with van der Waals surface area (Å²) >= 11 is 7.13.